The molecule has 20 heavy (non-hydrogen) atoms. The Kier molecular flexibility index (Phi) is 4.65. The number of hydrogen-bond acceptors (Lipinski definition) is 2. The molecule has 1 amide bonds. The number of amides is 1. The van der Waals surface area contributed by atoms with Crippen molar-refractivity contribution in [3.05, 3.63) is 34.9 Å². The fourth-order valence-electron chi connectivity index (χ4n) is 2.55. The van der Waals surface area contributed by atoms with Crippen molar-refractivity contribution in [1.29, 1.82) is 0 Å². The molecule has 1 aliphatic rings. The predicted molar refractivity (Wildman–Crippen MR) is 76.7 cm³/mol. The van der Waals surface area contributed by atoms with E-state index in [2.05, 4.69) is 0 Å². The molecular weight excluding hydrogens is 278 g/mol. The fourth-order valence-corrected chi connectivity index (χ4v) is 2.68. The monoisotopic (exact) mass is 295 g/mol. The maximum absolute atomic E-state index is 12.3. The zero-order valence-corrected chi connectivity index (χ0v) is 12.1. The fraction of sp³-hybridized carbons (Fsp3) is 0.467. The molecule has 1 aromatic carbocycles. The minimum atomic E-state index is -0.916. The summed E-state index contributed by atoms with van der Waals surface area (Å²) in [5.74, 6) is -0.705. The van der Waals surface area contributed by atoms with Gasteiger partial charge in [-0.2, -0.15) is 0 Å². The van der Waals surface area contributed by atoms with Crippen LogP contribution in [0, 0.1) is 5.92 Å². The summed E-state index contributed by atoms with van der Waals surface area (Å²) in [6.07, 6.45) is 1.60. The highest BCUT2D eigenvalue weighted by Gasteiger charge is 2.34. The minimum absolute atomic E-state index is 0.133. The normalized spacial score (nSPS) is 22.6. The molecule has 0 saturated carbocycles. The SMILES string of the molecule is CC1CCN(C(=O)Cc2ccc(Cl)cc2)C(C(=O)O)C1. The van der Waals surface area contributed by atoms with E-state index in [1.165, 1.54) is 4.90 Å². The van der Waals surface area contributed by atoms with Crippen molar-refractivity contribution >= 4 is 23.5 Å². The highest BCUT2D eigenvalue weighted by atomic mass is 35.5. The van der Waals surface area contributed by atoms with Gasteiger partial charge in [-0.15, -0.1) is 0 Å². The van der Waals surface area contributed by atoms with Crippen molar-refractivity contribution in [1.82, 2.24) is 4.90 Å². The topological polar surface area (TPSA) is 57.6 Å². The van der Waals surface area contributed by atoms with E-state index in [0.29, 0.717) is 23.9 Å². The lowest BCUT2D eigenvalue weighted by molar-refractivity contribution is -0.152. The molecule has 1 heterocycles. The largest absolute Gasteiger partial charge is 0.480 e. The summed E-state index contributed by atoms with van der Waals surface area (Å²) in [5, 5.41) is 9.89. The van der Waals surface area contributed by atoms with Crippen LogP contribution in [0.25, 0.3) is 0 Å². The summed E-state index contributed by atoms with van der Waals surface area (Å²) in [4.78, 5) is 25.1. The second-order valence-electron chi connectivity index (χ2n) is 5.37. The predicted octanol–water partition coefficient (Wildman–Crippen LogP) is 2.59. The summed E-state index contributed by atoms with van der Waals surface area (Å²) in [6, 6.07) is 6.36. The van der Waals surface area contributed by atoms with Crippen LogP contribution in [0.3, 0.4) is 0 Å². The highest BCUT2D eigenvalue weighted by Crippen LogP contribution is 2.23. The number of halogens is 1. The van der Waals surface area contributed by atoms with Crippen molar-refractivity contribution in [2.24, 2.45) is 5.92 Å². The number of benzene rings is 1. The number of nitrogens with zero attached hydrogens (tertiary/aromatic N) is 1. The molecule has 1 saturated heterocycles. The van der Waals surface area contributed by atoms with Gasteiger partial charge in [0, 0.05) is 11.6 Å². The summed E-state index contributed by atoms with van der Waals surface area (Å²) >= 11 is 5.80. The van der Waals surface area contributed by atoms with E-state index < -0.39 is 12.0 Å². The Morgan fingerprint density at radius 1 is 1.35 bits per heavy atom. The number of aliphatic carboxylic acids is 1. The molecule has 1 fully saturated rings. The van der Waals surface area contributed by atoms with Gasteiger partial charge in [-0.25, -0.2) is 4.79 Å². The van der Waals surface area contributed by atoms with Crippen LogP contribution in [-0.4, -0.2) is 34.5 Å². The molecule has 1 N–H and O–H groups in total. The standard InChI is InChI=1S/C15H18ClNO3/c1-10-6-7-17(13(8-10)15(19)20)14(18)9-11-2-4-12(16)5-3-11/h2-5,10,13H,6-9H2,1H3,(H,19,20). The number of hydrogen-bond donors (Lipinski definition) is 1. The summed E-state index contributed by atoms with van der Waals surface area (Å²) in [7, 11) is 0. The maximum atomic E-state index is 12.3. The molecule has 2 atom stereocenters. The third kappa shape index (κ3) is 3.51. The van der Waals surface area contributed by atoms with E-state index in [1.807, 2.05) is 6.92 Å². The first kappa shape index (κ1) is 14.9. The lowest BCUT2D eigenvalue weighted by atomic mass is 9.92. The van der Waals surface area contributed by atoms with Gasteiger partial charge in [-0.05, 0) is 36.5 Å². The summed E-state index contributed by atoms with van der Waals surface area (Å²) < 4.78 is 0. The highest BCUT2D eigenvalue weighted by molar-refractivity contribution is 6.30. The van der Waals surface area contributed by atoms with Gasteiger partial charge < -0.3 is 10.0 Å². The Balaban J connectivity index is 2.06. The zero-order chi connectivity index (χ0) is 14.7. The minimum Gasteiger partial charge on any atom is -0.480 e. The molecule has 1 aliphatic heterocycles. The first-order valence-corrected chi connectivity index (χ1v) is 7.12. The lowest BCUT2D eigenvalue weighted by Crippen LogP contribution is -2.50. The average Bonchev–Trinajstić information content (AvgIpc) is 2.41. The molecule has 108 valence electrons. The van der Waals surface area contributed by atoms with Gasteiger partial charge in [0.2, 0.25) is 5.91 Å². The van der Waals surface area contributed by atoms with Gasteiger partial charge >= 0.3 is 5.97 Å². The second-order valence-corrected chi connectivity index (χ2v) is 5.81. The van der Waals surface area contributed by atoms with E-state index in [9.17, 15) is 14.7 Å². The van der Waals surface area contributed by atoms with Crippen molar-refractivity contribution in [2.75, 3.05) is 6.54 Å². The molecule has 0 spiro atoms. The number of carboxylic acids is 1. The number of likely N-dealkylation sites (tertiary alicyclic amines) is 1. The molecule has 2 rings (SSSR count). The van der Waals surface area contributed by atoms with E-state index >= 15 is 0 Å². The van der Waals surface area contributed by atoms with Crippen LogP contribution in [0.4, 0.5) is 0 Å². The Bertz CT molecular complexity index is 500. The molecule has 5 heteroatoms. The van der Waals surface area contributed by atoms with Gasteiger partial charge in [-0.1, -0.05) is 30.7 Å². The Hall–Kier alpha value is -1.55. The van der Waals surface area contributed by atoms with Gasteiger partial charge in [0.15, 0.2) is 0 Å². The average molecular weight is 296 g/mol. The van der Waals surface area contributed by atoms with E-state index in [1.54, 1.807) is 24.3 Å². The van der Waals surface area contributed by atoms with Crippen LogP contribution < -0.4 is 0 Å². The van der Waals surface area contributed by atoms with Crippen LogP contribution in [-0.2, 0) is 16.0 Å². The number of carbonyl (C=O) groups excluding carboxylic acids is 1. The molecular formula is C15H18ClNO3. The Morgan fingerprint density at radius 3 is 2.60 bits per heavy atom. The molecule has 1 aromatic rings. The lowest BCUT2D eigenvalue weighted by Gasteiger charge is -2.36. The summed E-state index contributed by atoms with van der Waals surface area (Å²) in [6.45, 7) is 2.54. The Labute approximate surface area is 123 Å². The molecule has 4 nitrogen and oxygen atoms in total. The van der Waals surface area contributed by atoms with E-state index in [-0.39, 0.29) is 12.3 Å². The van der Waals surface area contributed by atoms with Crippen LogP contribution in [0.5, 0.6) is 0 Å². The first-order valence-electron chi connectivity index (χ1n) is 6.74. The number of carboxylic acid groups (broad SMARTS) is 1. The van der Waals surface area contributed by atoms with Gasteiger partial charge in [0.1, 0.15) is 6.04 Å². The van der Waals surface area contributed by atoms with E-state index in [0.717, 1.165) is 12.0 Å². The molecule has 0 aliphatic carbocycles. The molecule has 2 unspecified atom stereocenters. The van der Waals surface area contributed by atoms with Crippen molar-refractivity contribution in [3.63, 3.8) is 0 Å². The third-order valence-electron chi connectivity index (χ3n) is 3.74. The molecule has 0 bridgehead atoms. The number of rotatable bonds is 3. The van der Waals surface area contributed by atoms with Crippen molar-refractivity contribution < 1.29 is 14.7 Å². The first-order chi connectivity index (χ1) is 9.47. The molecule has 0 radical (unpaired) electrons. The smallest absolute Gasteiger partial charge is 0.326 e. The number of piperidine rings is 1. The second kappa shape index (κ2) is 6.27. The van der Waals surface area contributed by atoms with Crippen LogP contribution in [0.2, 0.25) is 5.02 Å². The van der Waals surface area contributed by atoms with E-state index in [4.69, 9.17) is 11.6 Å². The van der Waals surface area contributed by atoms with Gasteiger partial charge in [0.05, 0.1) is 6.42 Å². The molecule has 0 aromatic heterocycles. The summed E-state index contributed by atoms with van der Waals surface area (Å²) in [5.41, 5.74) is 0.849. The van der Waals surface area contributed by atoms with Crippen molar-refractivity contribution in [2.45, 2.75) is 32.2 Å². The van der Waals surface area contributed by atoms with Crippen LogP contribution >= 0.6 is 11.6 Å². The van der Waals surface area contributed by atoms with Crippen LogP contribution in [0.15, 0.2) is 24.3 Å². The quantitative estimate of drug-likeness (QED) is 0.932. The maximum Gasteiger partial charge on any atom is 0.326 e. The Morgan fingerprint density at radius 2 is 2.00 bits per heavy atom. The number of carbonyl (C=O) groups is 2. The third-order valence-corrected chi connectivity index (χ3v) is 3.99. The van der Waals surface area contributed by atoms with Crippen LogP contribution in [0.1, 0.15) is 25.3 Å². The zero-order valence-electron chi connectivity index (χ0n) is 11.4. The van der Waals surface area contributed by atoms with Crippen molar-refractivity contribution in [3.8, 4) is 0 Å². The van der Waals surface area contributed by atoms with Gasteiger partial charge in [0.25, 0.3) is 0 Å². The van der Waals surface area contributed by atoms with Gasteiger partial charge in [-0.3, -0.25) is 4.79 Å².